The molecule has 3 N–H and O–H groups in total. The van der Waals surface area contributed by atoms with E-state index < -0.39 is 0 Å². The predicted octanol–water partition coefficient (Wildman–Crippen LogP) is 8.06. The topological polar surface area (TPSA) is 145 Å². The number of anilines is 5. The van der Waals surface area contributed by atoms with Gasteiger partial charge in [0.1, 0.15) is 5.75 Å². The Labute approximate surface area is 255 Å². The molecular formula is C32H32N10O2. The van der Waals surface area contributed by atoms with E-state index in [4.69, 9.17) is 4.74 Å². The molecule has 12 heteroatoms. The third-order valence-corrected chi connectivity index (χ3v) is 6.28. The molecule has 0 bridgehead atoms. The number of aliphatic hydroxyl groups excluding tert-OH is 1. The molecule has 12 nitrogen and oxygen atoms in total. The average molecular weight is 589 g/mol. The number of nitrogens with zero attached hydrogens (tertiary/aromatic N) is 8. The van der Waals surface area contributed by atoms with Gasteiger partial charge in [-0.3, -0.25) is 0 Å². The number of benzene rings is 4. The predicted molar refractivity (Wildman–Crippen MR) is 172 cm³/mol. The van der Waals surface area contributed by atoms with E-state index >= 15 is 0 Å². The second kappa shape index (κ2) is 13.9. The van der Waals surface area contributed by atoms with E-state index in [1.165, 1.54) is 0 Å². The van der Waals surface area contributed by atoms with Crippen LogP contribution in [-0.4, -0.2) is 41.3 Å². The number of hydrogen-bond acceptors (Lipinski definition) is 12. The van der Waals surface area contributed by atoms with E-state index in [2.05, 4.69) is 46.0 Å². The second-order valence-corrected chi connectivity index (χ2v) is 9.89. The molecule has 0 aliphatic rings. The van der Waals surface area contributed by atoms with Crippen molar-refractivity contribution in [3.63, 3.8) is 0 Å². The maximum absolute atomic E-state index is 10.1. The Balaban J connectivity index is 1.37. The largest absolute Gasteiger partial charge is 0.494 e. The van der Waals surface area contributed by atoms with Crippen LogP contribution in [0.1, 0.15) is 11.1 Å². The van der Waals surface area contributed by atoms with Gasteiger partial charge in [-0.15, -0.1) is 0 Å². The zero-order chi connectivity index (χ0) is 30.9. The van der Waals surface area contributed by atoms with Gasteiger partial charge in [0.15, 0.2) is 0 Å². The first-order valence-electron chi connectivity index (χ1n) is 13.7. The highest BCUT2D eigenvalue weighted by atomic mass is 16.5. The van der Waals surface area contributed by atoms with Gasteiger partial charge < -0.3 is 25.4 Å². The van der Waals surface area contributed by atoms with Crippen molar-refractivity contribution in [2.45, 2.75) is 13.5 Å². The van der Waals surface area contributed by atoms with Crippen LogP contribution in [0.15, 0.2) is 111 Å². The first-order valence-corrected chi connectivity index (χ1v) is 13.7. The summed E-state index contributed by atoms with van der Waals surface area (Å²) in [7, 11) is 5.25. The van der Waals surface area contributed by atoms with Crippen molar-refractivity contribution >= 4 is 52.0 Å². The molecule has 5 aromatic rings. The van der Waals surface area contributed by atoms with Gasteiger partial charge in [-0.2, -0.15) is 35.4 Å². The molecule has 0 radical (unpaired) electrons. The second-order valence-electron chi connectivity index (χ2n) is 9.89. The Morgan fingerprint density at radius 1 is 0.682 bits per heavy atom. The van der Waals surface area contributed by atoms with Gasteiger partial charge in [0.05, 0.1) is 42.2 Å². The van der Waals surface area contributed by atoms with E-state index in [1.54, 1.807) is 36.3 Å². The standard InChI is InChI=1S/C32H32N10O2/c1-21-9-8-12-24(17-21)39-40-25-13-15-27(22(18-25)20-43)33-30-35-31(37-32(36-30)42(2)3)34-28-16-14-26(19-29(28)44-4)41-38-23-10-6-5-7-11-23/h5-19,43H,20H2,1-4H3,(H2,33,34,35,36,37). The Morgan fingerprint density at radius 2 is 1.27 bits per heavy atom. The van der Waals surface area contributed by atoms with Crippen LogP contribution in [0.2, 0.25) is 0 Å². The van der Waals surface area contributed by atoms with E-state index in [9.17, 15) is 5.11 Å². The summed E-state index contributed by atoms with van der Waals surface area (Å²) < 4.78 is 5.60. The number of azo groups is 2. The van der Waals surface area contributed by atoms with Crippen LogP contribution >= 0.6 is 0 Å². The van der Waals surface area contributed by atoms with Crippen molar-refractivity contribution < 1.29 is 9.84 Å². The third-order valence-electron chi connectivity index (χ3n) is 6.28. The van der Waals surface area contributed by atoms with Crippen molar-refractivity contribution in [3.05, 3.63) is 102 Å². The number of nitrogens with one attached hydrogen (secondary N) is 2. The molecule has 4 aromatic carbocycles. The van der Waals surface area contributed by atoms with E-state index in [1.807, 2.05) is 87.7 Å². The third kappa shape index (κ3) is 7.75. The number of hydrogen-bond donors (Lipinski definition) is 3. The van der Waals surface area contributed by atoms with Crippen LogP contribution in [0.5, 0.6) is 5.75 Å². The molecule has 0 spiro atoms. The highest BCUT2D eigenvalue weighted by Gasteiger charge is 2.13. The minimum atomic E-state index is -0.224. The summed E-state index contributed by atoms with van der Waals surface area (Å²) in [4.78, 5) is 15.4. The van der Waals surface area contributed by atoms with Crippen molar-refractivity contribution in [1.29, 1.82) is 0 Å². The molecular weight excluding hydrogens is 556 g/mol. The Hall–Kier alpha value is -5.75. The molecule has 0 amide bonds. The summed E-state index contributed by atoms with van der Waals surface area (Å²) in [5, 5.41) is 33.7. The van der Waals surface area contributed by atoms with E-state index in [0.29, 0.717) is 40.0 Å². The number of methoxy groups -OCH3 is 1. The Bertz CT molecular complexity index is 1790. The molecule has 0 aliphatic heterocycles. The fourth-order valence-electron chi connectivity index (χ4n) is 4.07. The molecule has 1 aromatic heterocycles. The first kappa shape index (κ1) is 29.7. The van der Waals surface area contributed by atoms with Gasteiger partial charge in [0, 0.05) is 31.4 Å². The number of aromatic nitrogens is 3. The number of aryl methyl sites for hydroxylation is 1. The molecule has 1 heterocycles. The quantitative estimate of drug-likeness (QED) is 0.131. The lowest BCUT2D eigenvalue weighted by atomic mass is 10.1. The van der Waals surface area contributed by atoms with E-state index in [0.717, 1.165) is 16.9 Å². The van der Waals surface area contributed by atoms with Gasteiger partial charge in [0.25, 0.3) is 0 Å². The maximum Gasteiger partial charge on any atom is 0.233 e. The monoisotopic (exact) mass is 588 g/mol. The molecule has 0 atom stereocenters. The van der Waals surface area contributed by atoms with Crippen LogP contribution in [0.25, 0.3) is 0 Å². The average Bonchev–Trinajstić information content (AvgIpc) is 3.04. The SMILES string of the molecule is COc1cc(N=Nc2ccccc2)ccc1Nc1nc(Nc2ccc(N=Nc3cccc(C)c3)cc2CO)nc(N(C)C)n1. The van der Waals surface area contributed by atoms with Crippen LogP contribution in [0, 0.1) is 6.92 Å². The molecule has 222 valence electrons. The van der Waals surface area contributed by atoms with Crippen molar-refractivity contribution in [2.75, 3.05) is 36.7 Å². The number of rotatable bonds is 11. The van der Waals surface area contributed by atoms with Gasteiger partial charge in [0.2, 0.25) is 17.8 Å². The summed E-state index contributed by atoms with van der Waals surface area (Å²) in [6, 6.07) is 28.0. The molecule has 0 fully saturated rings. The van der Waals surface area contributed by atoms with Gasteiger partial charge in [-0.05, 0) is 67.1 Å². The normalized spacial score (nSPS) is 11.2. The lowest BCUT2D eigenvalue weighted by Gasteiger charge is -2.16. The fraction of sp³-hybridized carbons (Fsp3) is 0.156. The van der Waals surface area contributed by atoms with Gasteiger partial charge in [-0.1, -0.05) is 30.3 Å². The zero-order valence-electron chi connectivity index (χ0n) is 24.8. The van der Waals surface area contributed by atoms with Gasteiger partial charge in [-0.25, -0.2) is 0 Å². The summed E-state index contributed by atoms with van der Waals surface area (Å²) in [5.41, 5.74) is 5.69. The van der Waals surface area contributed by atoms with Crippen molar-refractivity contribution in [1.82, 2.24) is 15.0 Å². The molecule has 0 saturated heterocycles. The zero-order valence-corrected chi connectivity index (χ0v) is 24.8. The fourth-order valence-corrected chi connectivity index (χ4v) is 4.07. The Morgan fingerprint density at radius 3 is 1.91 bits per heavy atom. The molecule has 0 aliphatic carbocycles. The van der Waals surface area contributed by atoms with Crippen LogP contribution in [0.3, 0.4) is 0 Å². The lowest BCUT2D eigenvalue weighted by Crippen LogP contribution is -2.16. The highest BCUT2D eigenvalue weighted by molar-refractivity contribution is 5.68. The van der Waals surface area contributed by atoms with E-state index in [-0.39, 0.29) is 18.5 Å². The minimum absolute atomic E-state index is 0.224. The van der Waals surface area contributed by atoms with Crippen molar-refractivity contribution in [2.24, 2.45) is 20.5 Å². The molecule has 44 heavy (non-hydrogen) atoms. The lowest BCUT2D eigenvalue weighted by molar-refractivity contribution is 0.282. The smallest absolute Gasteiger partial charge is 0.233 e. The van der Waals surface area contributed by atoms with Crippen LogP contribution in [0.4, 0.5) is 52.0 Å². The number of aliphatic hydroxyl groups is 1. The minimum Gasteiger partial charge on any atom is -0.494 e. The summed E-state index contributed by atoms with van der Waals surface area (Å²) >= 11 is 0. The summed E-state index contributed by atoms with van der Waals surface area (Å²) in [6.45, 7) is 1.78. The van der Waals surface area contributed by atoms with Crippen LogP contribution < -0.4 is 20.3 Å². The summed E-state index contributed by atoms with van der Waals surface area (Å²) in [6.07, 6.45) is 0. The maximum atomic E-state index is 10.1. The van der Waals surface area contributed by atoms with Crippen molar-refractivity contribution in [3.8, 4) is 5.75 Å². The molecule has 0 unspecified atom stereocenters. The highest BCUT2D eigenvalue weighted by Crippen LogP contribution is 2.33. The Kier molecular flexibility index (Phi) is 9.42. The van der Waals surface area contributed by atoms with Gasteiger partial charge >= 0.3 is 0 Å². The first-order chi connectivity index (χ1) is 21.4. The van der Waals surface area contributed by atoms with Crippen LogP contribution in [-0.2, 0) is 6.61 Å². The summed E-state index contributed by atoms with van der Waals surface area (Å²) in [5.74, 6) is 1.53. The molecule has 5 rings (SSSR count). The molecule has 0 saturated carbocycles. The number of ether oxygens (including phenoxy) is 1.